The highest BCUT2D eigenvalue weighted by molar-refractivity contribution is 5.91. The number of phenolic OH excluding ortho intramolecular Hbond substituents is 2. The van der Waals surface area contributed by atoms with Gasteiger partial charge in [0.15, 0.2) is 5.69 Å². The Morgan fingerprint density at radius 1 is 0.778 bits per heavy atom. The molecular weight excluding hydrogens is 346 g/mol. The van der Waals surface area contributed by atoms with Crippen LogP contribution in [0.1, 0.15) is 11.1 Å². The molecule has 134 valence electrons. The summed E-state index contributed by atoms with van der Waals surface area (Å²) in [5.41, 5.74) is 0.996. The first-order valence-electron chi connectivity index (χ1n) is 7.98. The van der Waals surface area contributed by atoms with Crippen LogP contribution in [0.25, 0.3) is 0 Å². The molecule has 0 saturated heterocycles. The zero-order chi connectivity index (χ0) is 19.2. The summed E-state index contributed by atoms with van der Waals surface area (Å²) in [5.74, 6) is 0.0602. The van der Waals surface area contributed by atoms with Gasteiger partial charge in [-0.2, -0.15) is 0 Å². The van der Waals surface area contributed by atoms with Crippen LogP contribution in [0.5, 0.6) is 11.5 Å². The van der Waals surface area contributed by atoms with E-state index in [-0.39, 0.29) is 28.6 Å². The number of aromatic hydroxyl groups is 2. The van der Waals surface area contributed by atoms with Gasteiger partial charge in [-0.3, -0.25) is 15.1 Å². The second-order valence-electron chi connectivity index (χ2n) is 5.54. The molecule has 0 fully saturated rings. The van der Waals surface area contributed by atoms with Crippen LogP contribution in [0.15, 0.2) is 76.7 Å². The minimum atomic E-state index is -0.545. The molecule has 0 unspecified atom stereocenters. The van der Waals surface area contributed by atoms with E-state index < -0.39 is 4.92 Å². The van der Waals surface area contributed by atoms with E-state index in [1.54, 1.807) is 42.5 Å². The van der Waals surface area contributed by atoms with Crippen molar-refractivity contribution in [3.63, 3.8) is 0 Å². The summed E-state index contributed by atoms with van der Waals surface area (Å²) >= 11 is 0. The number of benzene rings is 3. The van der Waals surface area contributed by atoms with Gasteiger partial charge in [-0.25, -0.2) is 4.99 Å². The van der Waals surface area contributed by atoms with Crippen LogP contribution in [0.2, 0.25) is 0 Å². The molecule has 3 rings (SSSR count). The normalized spacial score (nSPS) is 11.3. The highest BCUT2D eigenvalue weighted by Crippen LogP contribution is 2.37. The number of rotatable bonds is 5. The highest BCUT2D eigenvalue weighted by atomic mass is 16.6. The van der Waals surface area contributed by atoms with Crippen LogP contribution in [0.3, 0.4) is 0 Å². The van der Waals surface area contributed by atoms with Gasteiger partial charge in [-0.1, -0.05) is 30.3 Å². The minimum Gasteiger partial charge on any atom is -0.507 e. The second-order valence-corrected chi connectivity index (χ2v) is 5.54. The highest BCUT2D eigenvalue weighted by Gasteiger charge is 2.16. The van der Waals surface area contributed by atoms with Gasteiger partial charge in [0.2, 0.25) is 0 Å². The molecule has 0 atom stereocenters. The van der Waals surface area contributed by atoms with Crippen LogP contribution in [0.4, 0.5) is 17.1 Å². The lowest BCUT2D eigenvalue weighted by Gasteiger charge is -2.03. The first-order chi connectivity index (χ1) is 13.1. The molecule has 7 heteroatoms. The summed E-state index contributed by atoms with van der Waals surface area (Å²) in [4.78, 5) is 19.3. The van der Waals surface area contributed by atoms with Crippen molar-refractivity contribution in [1.29, 1.82) is 0 Å². The van der Waals surface area contributed by atoms with Gasteiger partial charge in [0, 0.05) is 29.6 Å². The molecule has 0 radical (unpaired) electrons. The van der Waals surface area contributed by atoms with Gasteiger partial charge in [-0.15, -0.1) is 0 Å². The maximum atomic E-state index is 11.4. The van der Waals surface area contributed by atoms with E-state index in [1.165, 1.54) is 36.7 Å². The molecule has 3 aromatic carbocycles. The van der Waals surface area contributed by atoms with E-state index in [0.29, 0.717) is 11.1 Å². The van der Waals surface area contributed by atoms with E-state index in [9.17, 15) is 20.3 Å². The summed E-state index contributed by atoms with van der Waals surface area (Å²) in [7, 11) is 0. The molecule has 0 spiro atoms. The summed E-state index contributed by atoms with van der Waals surface area (Å²) in [5, 5.41) is 31.0. The predicted molar refractivity (Wildman–Crippen MR) is 104 cm³/mol. The average Bonchev–Trinajstić information content (AvgIpc) is 2.67. The third-order valence-corrected chi connectivity index (χ3v) is 3.74. The smallest absolute Gasteiger partial charge is 0.297 e. The number of nitro groups is 1. The summed E-state index contributed by atoms with van der Waals surface area (Å²) in [6.45, 7) is 0. The van der Waals surface area contributed by atoms with E-state index in [4.69, 9.17) is 0 Å². The third kappa shape index (κ3) is 4.16. The lowest BCUT2D eigenvalue weighted by atomic mass is 10.2. The van der Waals surface area contributed by atoms with Gasteiger partial charge in [0.05, 0.1) is 10.6 Å². The Morgan fingerprint density at radius 2 is 1.33 bits per heavy atom. The number of hydrogen-bond acceptors (Lipinski definition) is 6. The monoisotopic (exact) mass is 361 g/mol. The van der Waals surface area contributed by atoms with Crippen molar-refractivity contribution in [2.45, 2.75) is 0 Å². The molecule has 0 heterocycles. The first-order valence-corrected chi connectivity index (χ1v) is 7.98. The molecule has 0 aliphatic heterocycles. The SMILES string of the molecule is O=[N+]([O-])c1cccc(N=Cc2ccccc2O)c1N=Cc1ccccc1O. The Bertz CT molecular complexity index is 1040. The molecule has 2 N–H and O–H groups in total. The van der Waals surface area contributed by atoms with Gasteiger partial charge >= 0.3 is 0 Å². The van der Waals surface area contributed by atoms with Gasteiger partial charge < -0.3 is 10.2 Å². The maximum Gasteiger partial charge on any atom is 0.297 e. The zero-order valence-electron chi connectivity index (χ0n) is 14.1. The molecule has 0 aromatic heterocycles. The molecule has 0 bridgehead atoms. The quantitative estimate of drug-likeness (QED) is 0.396. The van der Waals surface area contributed by atoms with Crippen molar-refractivity contribution in [1.82, 2.24) is 0 Å². The fourth-order valence-corrected chi connectivity index (χ4v) is 2.37. The van der Waals surface area contributed by atoms with Crippen molar-refractivity contribution in [3.05, 3.63) is 88.0 Å². The average molecular weight is 361 g/mol. The molecule has 0 aliphatic carbocycles. The zero-order valence-corrected chi connectivity index (χ0v) is 14.1. The number of para-hydroxylation sites is 3. The number of hydrogen-bond donors (Lipinski definition) is 2. The number of aliphatic imine (C=N–C) groups is 2. The lowest BCUT2D eigenvalue weighted by molar-refractivity contribution is -0.384. The van der Waals surface area contributed by atoms with E-state index in [0.717, 1.165) is 0 Å². The van der Waals surface area contributed by atoms with Gasteiger partial charge in [0.1, 0.15) is 11.5 Å². The minimum absolute atomic E-state index is 0.0130. The van der Waals surface area contributed by atoms with Crippen molar-refractivity contribution < 1.29 is 15.1 Å². The number of nitrogens with zero attached hydrogens (tertiary/aromatic N) is 3. The maximum absolute atomic E-state index is 11.4. The Morgan fingerprint density at radius 3 is 1.89 bits per heavy atom. The third-order valence-electron chi connectivity index (χ3n) is 3.74. The fraction of sp³-hybridized carbons (Fsp3) is 0. The molecular formula is C20H15N3O4. The van der Waals surface area contributed by atoms with Gasteiger partial charge in [0.25, 0.3) is 5.69 Å². The Kier molecular flexibility index (Phi) is 5.22. The van der Waals surface area contributed by atoms with Crippen LogP contribution < -0.4 is 0 Å². The van der Waals surface area contributed by atoms with Crippen molar-refractivity contribution in [2.75, 3.05) is 0 Å². The Hall–Kier alpha value is -4.00. The van der Waals surface area contributed by atoms with E-state index >= 15 is 0 Å². The molecule has 3 aromatic rings. The fourth-order valence-electron chi connectivity index (χ4n) is 2.37. The van der Waals surface area contributed by atoms with Crippen LogP contribution in [-0.4, -0.2) is 27.6 Å². The Labute approximate surface area is 154 Å². The molecule has 0 saturated carbocycles. The van der Waals surface area contributed by atoms with Crippen molar-refractivity contribution in [3.8, 4) is 11.5 Å². The largest absolute Gasteiger partial charge is 0.507 e. The van der Waals surface area contributed by atoms with Crippen LogP contribution in [-0.2, 0) is 0 Å². The summed E-state index contributed by atoms with van der Waals surface area (Å²) in [6, 6.07) is 17.6. The Balaban J connectivity index is 2.04. The van der Waals surface area contributed by atoms with Gasteiger partial charge in [-0.05, 0) is 30.3 Å². The van der Waals surface area contributed by atoms with Crippen molar-refractivity contribution >= 4 is 29.5 Å². The molecule has 0 aliphatic rings. The lowest BCUT2D eigenvalue weighted by Crippen LogP contribution is -1.90. The molecule has 0 amide bonds. The first kappa shape index (κ1) is 17.8. The summed E-state index contributed by atoms with van der Waals surface area (Å²) in [6.07, 6.45) is 2.75. The van der Waals surface area contributed by atoms with Crippen LogP contribution >= 0.6 is 0 Å². The van der Waals surface area contributed by atoms with Crippen LogP contribution in [0, 0.1) is 10.1 Å². The molecule has 27 heavy (non-hydrogen) atoms. The second kappa shape index (κ2) is 7.92. The topological polar surface area (TPSA) is 108 Å². The number of nitro benzene ring substituents is 1. The summed E-state index contributed by atoms with van der Waals surface area (Å²) < 4.78 is 0. The standard InChI is InChI=1S/C20H15N3O4/c24-18-10-3-1-6-14(18)12-21-16-8-5-9-17(23(26)27)20(16)22-13-15-7-2-4-11-19(15)25/h1-13,24-25H. The van der Waals surface area contributed by atoms with Crippen molar-refractivity contribution in [2.24, 2.45) is 9.98 Å². The predicted octanol–water partition coefficient (Wildman–Crippen LogP) is 4.51. The van der Waals surface area contributed by atoms with E-state index in [2.05, 4.69) is 9.98 Å². The number of phenols is 2. The molecule has 7 nitrogen and oxygen atoms in total. The van der Waals surface area contributed by atoms with E-state index in [1.807, 2.05) is 0 Å².